The highest BCUT2D eigenvalue weighted by atomic mass is 35.5. The molecule has 1 aromatic carbocycles. The van der Waals surface area contributed by atoms with Gasteiger partial charge in [-0.1, -0.05) is 11.6 Å². The molecule has 0 saturated carbocycles. The monoisotopic (exact) mass is 376 g/mol. The lowest BCUT2D eigenvalue weighted by Gasteiger charge is -2.29. The number of nitrogens with zero attached hydrogens (tertiary/aromatic N) is 1. The lowest BCUT2D eigenvalue weighted by molar-refractivity contribution is -0.135. The van der Waals surface area contributed by atoms with Crippen molar-refractivity contribution in [1.82, 2.24) is 4.90 Å². The van der Waals surface area contributed by atoms with E-state index in [0.29, 0.717) is 17.9 Å². The standard InChI is InChI=1S/C15H15ClF2N2O3S/c1-15-5-4-12(21)20(15)10(7-24-15)13(22)19-8-2-3-11(9(16)6-8)23-14(17)18/h2-3,6,10,14H,4-5,7H2,1H3,(H,19,22)/t10-,15+/m0/s1. The highest BCUT2D eigenvalue weighted by molar-refractivity contribution is 8.01. The number of nitrogens with one attached hydrogen (secondary N) is 1. The Balaban J connectivity index is 1.71. The summed E-state index contributed by atoms with van der Waals surface area (Å²) in [5.74, 6) is 0.0128. The van der Waals surface area contributed by atoms with Gasteiger partial charge in [0, 0.05) is 17.9 Å². The van der Waals surface area contributed by atoms with Gasteiger partial charge in [0.05, 0.1) is 9.89 Å². The second kappa shape index (κ2) is 6.40. The molecule has 2 heterocycles. The number of alkyl halides is 2. The van der Waals surface area contributed by atoms with Crippen molar-refractivity contribution < 1.29 is 23.1 Å². The predicted octanol–water partition coefficient (Wildman–Crippen LogP) is 3.33. The number of amides is 2. The molecule has 5 nitrogen and oxygen atoms in total. The van der Waals surface area contributed by atoms with Gasteiger partial charge in [0.15, 0.2) is 0 Å². The van der Waals surface area contributed by atoms with Crippen LogP contribution in [0.25, 0.3) is 0 Å². The third-order valence-electron chi connectivity index (χ3n) is 4.16. The normalized spacial score (nSPS) is 26.0. The minimum absolute atomic E-state index is 0.0265. The summed E-state index contributed by atoms with van der Waals surface area (Å²) < 4.78 is 28.7. The number of carbonyl (C=O) groups excluding carboxylic acids is 2. The molecule has 24 heavy (non-hydrogen) atoms. The number of ether oxygens (including phenoxy) is 1. The first-order chi connectivity index (χ1) is 11.3. The second-order valence-electron chi connectivity index (χ2n) is 5.78. The molecular weight excluding hydrogens is 362 g/mol. The van der Waals surface area contributed by atoms with Crippen molar-refractivity contribution in [2.24, 2.45) is 0 Å². The van der Waals surface area contributed by atoms with Crippen molar-refractivity contribution in [1.29, 1.82) is 0 Å². The summed E-state index contributed by atoms with van der Waals surface area (Å²) in [6.45, 7) is -1.01. The summed E-state index contributed by atoms with van der Waals surface area (Å²) in [6, 6.07) is 3.48. The quantitative estimate of drug-likeness (QED) is 0.875. The van der Waals surface area contributed by atoms with Gasteiger partial charge in [0.2, 0.25) is 11.8 Å². The van der Waals surface area contributed by atoms with Crippen LogP contribution in [0.2, 0.25) is 5.02 Å². The molecule has 0 radical (unpaired) electrons. The zero-order valence-corrected chi connectivity index (χ0v) is 14.3. The Bertz CT molecular complexity index is 691. The Kier molecular flexibility index (Phi) is 4.61. The number of anilines is 1. The van der Waals surface area contributed by atoms with Crippen LogP contribution < -0.4 is 10.1 Å². The lowest BCUT2D eigenvalue weighted by Crippen LogP contribution is -2.48. The summed E-state index contributed by atoms with van der Waals surface area (Å²) in [6.07, 6.45) is 1.17. The van der Waals surface area contributed by atoms with Gasteiger partial charge in [0.1, 0.15) is 11.8 Å². The van der Waals surface area contributed by atoms with E-state index in [-0.39, 0.29) is 27.5 Å². The summed E-state index contributed by atoms with van der Waals surface area (Å²) in [5, 5.41) is 2.65. The van der Waals surface area contributed by atoms with Gasteiger partial charge in [-0.05, 0) is 31.5 Å². The number of fused-ring (bicyclic) bond motifs is 1. The number of thioether (sulfide) groups is 1. The molecule has 3 rings (SSSR count). The van der Waals surface area contributed by atoms with Crippen molar-refractivity contribution in [2.45, 2.75) is 37.3 Å². The molecule has 9 heteroatoms. The fraction of sp³-hybridized carbons (Fsp3) is 0.467. The molecule has 0 aliphatic carbocycles. The minimum Gasteiger partial charge on any atom is -0.433 e. The summed E-state index contributed by atoms with van der Waals surface area (Å²) in [5.41, 5.74) is 0.358. The van der Waals surface area contributed by atoms with E-state index in [2.05, 4.69) is 10.1 Å². The summed E-state index contributed by atoms with van der Waals surface area (Å²) in [7, 11) is 0. The third kappa shape index (κ3) is 3.17. The highest BCUT2D eigenvalue weighted by Gasteiger charge is 2.52. The van der Waals surface area contributed by atoms with Crippen molar-refractivity contribution in [2.75, 3.05) is 11.1 Å². The minimum atomic E-state index is -2.97. The van der Waals surface area contributed by atoms with Crippen molar-refractivity contribution in [3.8, 4) is 5.75 Å². The van der Waals surface area contributed by atoms with E-state index in [1.54, 1.807) is 16.7 Å². The molecule has 2 amide bonds. The smallest absolute Gasteiger partial charge is 0.387 e. The molecule has 0 aromatic heterocycles. The molecule has 2 aliphatic rings. The molecule has 1 aromatic rings. The van der Waals surface area contributed by atoms with E-state index in [1.807, 2.05) is 6.92 Å². The first kappa shape index (κ1) is 17.3. The average Bonchev–Trinajstić information content (AvgIpc) is 2.98. The number of carbonyl (C=O) groups is 2. The van der Waals surface area contributed by atoms with Gasteiger partial charge in [0.25, 0.3) is 0 Å². The second-order valence-corrected chi connectivity index (χ2v) is 7.69. The Morgan fingerprint density at radius 3 is 2.96 bits per heavy atom. The van der Waals surface area contributed by atoms with Crippen LogP contribution in [0.4, 0.5) is 14.5 Å². The van der Waals surface area contributed by atoms with Crippen LogP contribution in [0.1, 0.15) is 19.8 Å². The van der Waals surface area contributed by atoms with Gasteiger partial charge in [-0.25, -0.2) is 0 Å². The van der Waals surface area contributed by atoms with E-state index < -0.39 is 12.7 Å². The summed E-state index contributed by atoms with van der Waals surface area (Å²) >= 11 is 7.47. The number of halogens is 3. The number of hydrogen-bond donors (Lipinski definition) is 1. The molecule has 2 saturated heterocycles. The molecular formula is C15H15ClF2N2O3S. The Morgan fingerprint density at radius 1 is 1.54 bits per heavy atom. The maximum absolute atomic E-state index is 12.5. The van der Waals surface area contributed by atoms with Crippen LogP contribution in [-0.2, 0) is 9.59 Å². The molecule has 0 bridgehead atoms. The number of benzene rings is 1. The van der Waals surface area contributed by atoms with E-state index in [0.717, 1.165) is 6.42 Å². The van der Waals surface area contributed by atoms with Gasteiger partial charge >= 0.3 is 6.61 Å². The van der Waals surface area contributed by atoms with E-state index in [9.17, 15) is 18.4 Å². The van der Waals surface area contributed by atoms with Gasteiger partial charge < -0.3 is 15.0 Å². The first-order valence-corrected chi connectivity index (χ1v) is 8.68. The molecule has 0 unspecified atom stereocenters. The molecule has 0 spiro atoms. The third-order valence-corrected chi connectivity index (χ3v) is 5.96. The van der Waals surface area contributed by atoms with Gasteiger partial charge in [-0.3, -0.25) is 9.59 Å². The first-order valence-electron chi connectivity index (χ1n) is 7.31. The van der Waals surface area contributed by atoms with E-state index in [4.69, 9.17) is 11.6 Å². The fourth-order valence-electron chi connectivity index (χ4n) is 3.01. The Morgan fingerprint density at radius 2 is 2.29 bits per heavy atom. The Hall–Kier alpha value is -1.54. The zero-order chi connectivity index (χ0) is 17.5. The molecule has 2 fully saturated rings. The molecule has 2 aliphatic heterocycles. The van der Waals surface area contributed by atoms with Crippen molar-refractivity contribution in [3.63, 3.8) is 0 Å². The number of hydrogen-bond acceptors (Lipinski definition) is 4. The van der Waals surface area contributed by atoms with Crippen LogP contribution in [0, 0.1) is 0 Å². The zero-order valence-electron chi connectivity index (χ0n) is 12.7. The topological polar surface area (TPSA) is 58.6 Å². The van der Waals surface area contributed by atoms with Crippen LogP contribution in [0.5, 0.6) is 5.75 Å². The largest absolute Gasteiger partial charge is 0.433 e. The van der Waals surface area contributed by atoms with Gasteiger partial charge in [-0.15, -0.1) is 11.8 Å². The van der Waals surface area contributed by atoms with Crippen LogP contribution >= 0.6 is 23.4 Å². The average molecular weight is 377 g/mol. The van der Waals surface area contributed by atoms with Crippen LogP contribution in [-0.4, -0.2) is 40.0 Å². The van der Waals surface area contributed by atoms with Crippen LogP contribution in [0.15, 0.2) is 18.2 Å². The number of rotatable bonds is 4. The summed E-state index contributed by atoms with van der Waals surface area (Å²) in [4.78, 5) is 25.9. The van der Waals surface area contributed by atoms with E-state index in [1.165, 1.54) is 18.2 Å². The molecule has 130 valence electrons. The maximum atomic E-state index is 12.5. The maximum Gasteiger partial charge on any atom is 0.387 e. The van der Waals surface area contributed by atoms with E-state index >= 15 is 0 Å². The molecule has 1 N–H and O–H groups in total. The fourth-order valence-corrected chi connectivity index (χ4v) is 4.67. The highest BCUT2D eigenvalue weighted by Crippen LogP contribution is 2.47. The van der Waals surface area contributed by atoms with Gasteiger partial charge in [-0.2, -0.15) is 8.78 Å². The van der Waals surface area contributed by atoms with Crippen LogP contribution in [0.3, 0.4) is 0 Å². The lowest BCUT2D eigenvalue weighted by atomic mass is 10.2. The Labute approximate surface area is 146 Å². The van der Waals surface area contributed by atoms with Crippen molar-refractivity contribution >= 4 is 40.9 Å². The molecule has 2 atom stereocenters. The predicted molar refractivity (Wildman–Crippen MR) is 87.4 cm³/mol. The SMILES string of the molecule is C[C@@]12CCC(=O)N1[C@H](C(=O)Nc1ccc(OC(F)F)c(Cl)c1)CS2. The van der Waals surface area contributed by atoms with Crippen molar-refractivity contribution in [3.05, 3.63) is 23.2 Å².